The number of hydrogen-bond donors (Lipinski definition) is 1. The van der Waals surface area contributed by atoms with Gasteiger partial charge in [-0.15, -0.1) is 11.6 Å². The van der Waals surface area contributed by atoms with Crippen molar-refractivity contribution >= 4 is 23.5 Å². The van der Waals surface area contributed by atoms with E-state index < -0.39 is 0 Å². The Morgan fingerprint density at radius 1 is 1.10 bits per heavy atom. The van der Waals surface area contributed by atoms with Gasteiger partial charge < -0.3 is 15.1 Å². The highest BCUT2D eigenvalue weighted by atomic mass is 35.5. The molecule has 0 bridgehead atoms. The molecule has 162 valence electrons. The van der Waals surface area contributed by atoms with Crippen LogP contribution in [0.5, 0.6) is 0 Å². The van der Waals surface area contributed by atoms with Crippen molar-refractivity contribution in [1.29, 1.82) is 0 Å². The van der Waals surface area contributed by atoms with Crippen molar-refractivity contribution in [3.8, 4) is 0 Å². The second-order valence-electron chi connectivity index (χ2n) is 8.81. The fraction of sp³-hybridized carbons (Fsp3) is 0.440. The number of carbonyl (C=O) groups is 2. The van der Waals surface area contributed by atoms with Crippen molar-refractivity contribution in [3.05, 3.63) is 71.3 Å². The number of fused-ring (bicyclic) bond motifs is 4. The first kappa shape index (κ1) is 20.4. The van der Waals surface area contributed by atoms with Crippen molar-refractivity contribution in [2.75, 3.05) is 19.0 Å². The first-order chi connectivity index (χ1) is 15.2. The van der Waals surface area contributed by atoms with E-state index in [4.69, 9.17) is 11.6 Å². The van der Waals surface area contributed by atoms with E-state index >= 15 is 0 Å². The summed E-state index contributed by atoms with van der Waals surface area (Å²) < 4.78 is 0. The van der Waals surface area contributed by atoms with Crippen LogP contribution in [0.4, 0.5) is 4.79 Å². The number of urea groups is 1. The van der Waals surface area contributed by atoms with Crippen LogP contribution in [-0.2, 0) is 11.2 Å². The SMILES string of the molecule is O=C1[C@@H]2CCCN(C(=O)N[C@@H](CCl)c3ccccc3)[C@@H]2C[C@@H]2c3ccccc3CCN12. The average molecular weight is 438 g/mol. The predicted octanol–water partition coefficient (Wildman–Crippen LogP) is 4.29. The minimum atomic E-state index is -0.248. The Bertz CT molecular complexity index is 966. The van der Waals surface area contributed by atoms with Gasteiger partial charge in [0.15, 0.2) is 0 Å². The number of piperidine rings is 2. The van der Waals surface area contributed by atoms with Crippen molar-refractivity contribution < 1.29 is 9.59 Å². The second kappa shape index (κ2) is 8.54. The van der Waals surface area contributed by atoms with Crippen molar-refractivity contribution in [3.63, 3.8) is 0 Å². The Kier molecular flexibility index (Phi) is 5.61. The molecule has 5 nitrogen and oxygen atoms in total. The van der Waals surface area contributed by atoms with E-state index in [0.29, 0.717) is 12.4 Å². The first-order valence-corrected chi connectivity index (χ1v) is 11.8. The normalized spacial score (nSPS) is 25.8. The molecule has 0 spiro atoms. The van der Waals surface area contributed by atoms with Gasteiger partial charge in [0.2, 0.25) is 5.91 Å². The lowest BCUT2D eigenvalue weighted by Crippen LogP contribution is -2.61. The van der Waals surface area contributed by atoms with Gasteiger partial charge in [0, 0.05) is 25.0 Å². The molecule has 0 radical (unpaired) electrons. The lowest BCUT2D eigenvalue weighted by atomic mass is 9.76. The van der Waals surface area contributed by atoms with Gasteiger partial charge in [0.05, 0.1) is 18.0 Å². The molecule has 2 aromatic carbocycles. The van der Waals surface area contributed by atoms with Gasteiger partial charge in [-0.2, -0.15) is 0 Å². The summed E-state index contributed by atoms with van der Waals surface area (Å²) in [6, 6.07) is 17.9. The summed E-state index contributed by atoms with van der Waals surface area (Å²) in [5, 5.41) is 3.12. The lowest BCUT2D eigenvalue weighted by Gasteiger charge is -2.51. The van der Waals surface area contributed by atoms with Crippen molar-refractivity contribution in [1.82, 2.24) is 15.1 Å². The number of benzene rings is 2. The van der Waals surface area contributed by atoms with E-state index in [2.05, 4.69) is 34.5 Å². The molecule has 4 atom stereocenters. The van der Waals surface area contributed by atoms with Crippen LogP contribution < -0.4 is 5.32 Å². The molecule has 2 saturated heterocycles. The molecule has 3 aliphatic heterocycles. The minimum absolute atomic E-state index is 0.0602. The van der Waals surface area contributed by atoms with Crippen LogP contribution in [-0.4, -0.2) is 46.7 Å². The molecule has 3 amide bonds. The topological polar surface area (TPSA) is 52.7 Å². The molecule has 3 aliphatic rings. The maximum Gasteiger partial charge on any atom is 0.318 e. The van der Waals surface area contributed by atoms with E-state index in [1.54, 1.807) is 0 Å². The maximum atomic E-state index is 13.4. The third kappa shape index (κ3) is 3.69. The molecular weight excluding hydrogens is 410 g/mol. The lowest BCUT2D eigenvalue weighted by molar-refractivity contribution is -0.148. The molecule has 0 saturated carbocycles. The van der Waals surface area contributed by atoms with E-state index in [1.165, 1.54) is 11.1 Å². The van der Waals surface area contributed by atoms with E-state index in [1.807, 2.05) is 35.2 Å². The fourth-order valence-electron chi connectivity index (χ4n) is 5.63. The summed E-state index contributed by atoms with van der Waals surface area (Å²) in [7, 11) is 0. The van der Waals surface area contributed by atoms with Gasteiger partial charge in [-0.1, -0.05) is 54.6 Å². The van der Waals surface area contributed by atoms with Gasteiger partial charge >= 0.3 is 6.03 Å². The van der Waals surface area contributed by atoms with E-state index in [-0.39, 0.29) is 36.0 Å². The fourth-order valence-corrected chi connectivity index (χ4v) is 5.88. The predicted molar refractivity (Wildman–Crippen MR) is 121 cm³/mol. The Balaban J connectivity index is 1.39. The Labute approximate surface area is 188 Å². The van der Waals surface area contributed by atoms with Gasteiger partial charge in [-0.25, -0.2) is 4.79 Å². The monoisotopic (exact) mass is 437 g/mol. The average Bonchev–Trinajstić information content (AvgIpc) is 2.82. The summed E-state index contributed by atoms with van der Waals surface area (Å²) in [5.74, 6) is 0.415. The summed E-state index contributed by atoms with van der Waals surface area (Å²) >= 11 is 6.20. The number of likely N-dealkylation sites (tertiary alicyclic amines) is 1. The second-order valence-corrected chi connectivity index (χ2v) is 9.12. The Morgan fingerprint density at radius 2 is 1.87 bits per heavy atom. The number of amides is 3. The number of hydrogen-bond acceptors (Lipinski definition) is 2. The van der Waals surface area contributed by atoms with Crippen molar-refractivity contribution in [2.45, 2.75) is 43.8 Å². The highest BCUT2D eigenvalue weighted by molar-refractivity contribution is 6.18. The Hall–Kier alpha value is -2.53. The van der Waals surface area contributed by atoms with Crippen molar-refractivity contribution in [2.24, 2.45) is 5.92 Å². The van der Waals surface area contributed by atoms with Crippen LogP contribution >= 0.6 is 11.6 Å². The summed E-state index contributed by atoms with van der Waals surface area (Å²) in [5.41, 5.74) is 3.56. The van der Waals surface area contributed by atoms with Crippen LogP contribution in [0, 0.1) is 5.92 Å². The molecule has 1 N–H and O–H groups in total. The van der Waals surface area contributed by atoms with Gasteiger partial charge in [0.25, 0.3) is 0 Å². The molecule has 2 aromatic rings. The molecule has 0 aromatic heterocycles. The van der Waals surface area contributed by atoms with Crippen LogP contribution in [0.25, 0.3) is 0 Å². The quantitative estimate of drug-likeness (QED) is 0.728. The molecule has 5 rings (SSSR count). The van der Waals surface area contributed by atoms with Gasteiger partial charge in [-0.05, 0) is 42.4 Å². The highest BCUT2D eigenvalue weighted by Crippen LogP contribution is 2.43. The summed E-state index contributed by atoms with van der Waals surface area (Å²) in [6.45, 7) is 1.46. The number of carbonyl (C=O) groups excluding carboxylic acids is 2. The standard InChI is InChI=1S/C25H28ClN3O2/c26-16-21(18-8-2-1-3-9-18)27-25(31)29-13-6-11-20-23(29)15-22-19-10-5-4-7-17(19)12-14-28(22)24(20)30/h1-5,7-10,20-23H,6,11-16H2,(H,27,31)/t20-,21+,22-,23-/m1/s1. The van der Waals surface area contributed by atoms with Crippen LogP contribution in [0.2, 0.25) is 0 Å². The smallest absolute Gasteiger partial charge is 0.318 e. The molecular formula is C25H28ClN3O2. The zero-order chi connectivity index (χ0) is 21.4. The number of halogens is 1. The third-order valence-electron chi connectivity index (χ3n) is 7.17. The van der Waals surface area contributed by atoms with Gasteiger partial charge in [-0.3, -0.25) is 4.79 Å². The maximum absolute atomic E-state index is 13.4. The molecule has 2 fully saturated rings. The first-order valence-electron chi connectivity index (χ1n) is 11.2. The number of rotatable bonds is 3. The molecule has 31 heavy (non-hydrogen) atoms. The zero-order valence-corrected chi connectivity index (χ0v) is 18.3. The summed E-state index contributed by atoms with van der Waals surface area (Å²) in [4.78, 5) is 30.7. The minimum Gasteiger partial charge on any atom is -0.335 e. The van der Waals surface area contributed by atoms with Gasteiger partial charge in [0.1, 0.15) is 0 Å². The number of nitrogens with zero attached hydrogens (tertiary/aromatic N) is 2. The highest BCUT2D eigenvalue weighted by Gasteiger charge is 2.48. The largest absolute Gasteiger partial charge is 0.335 e. The van der Waals surface area contributed by atoms with E-state index in [9.17, 15) is 9.59 Å². The number of alkyl halides is 1. The Morgan fingerprint density at radius 3 is 2.68 bits per heavy atom. The molecule has 0 aliphatic carbocycles. The molecule has 3 heterocycles. The molecule has 6 heteroatoms. The zero-order valence-electron chi connectivity index (χ0n) is 17.5. The number of nitrogens with one attached hydrogen (secondary N) is 1. The third-order valence-corrected chi connectivity index (χ3v) is 7.48. The van der Waals surface area contributed by atoms with Crippen LogP contribution in [0.3, 0.4) is 0 Å². The molecule has 0 unspecified atom stereocenters. The summed E-state index contributed by atoms with van der Waals surface area (Å²) in [6.07, 6.45) is 3.42. The van der Waals surface area contributed by atoms with E-state index in [0.717, 1.165) is 37.8 Å². The van der Waals surface area contributed by atoms with Crippen LogP contribution in [0.1, 0.15) is 48.0 Å². The van der Waals surface area contributed by atoms with Crippen LogP contribution in [0.15, 0.2) is 54.6 Å².